The molecule has 7 heteroatoms. The Hall–Kier alpha value is -1.73. The minimum Gasteiger partial charge on any atom is -0.481 e. The smallest absolute Gasteiger partial charge is 0.317 e. The Morgan fingerprint density at radius 3 is 2.45 bits per heavy atom. The molecule has 0 amide bonds. The van der Waals surface area contributed by atoms with Crippen LogP contribution in [0.15, 0.2) is 28.9 Å². The van der Waals surface area contributed by atoms with Gasteiger partial charge in [0.25, 0.3) is 0 Å². The van der Waals surface area contributed by atoms with Crippen LogP contribution in [0.25, 0.3) is 4.91 Å². The van der Waals surface area contributed by atoms with Gasteiger partial charge >= 0.3 is 11.9 Å². The average Bonchev–Trinajstić information content (AvgIpc) is 2.90. The largest absolute Gasteiger partial charge is 0.481 e. The molecule has 1 aromatic rings. The number of aliphatic carboxylic acids is 2. The predicted molar refractivity (Wildman–Crippen MR) is 74.3 cm³/mol. The lowest BCUT2D eigenvalue weighted by Crippen LogP contribution is -2.48. The zero-order valence-electron chi connectivity index (χ0n) is 11.0. The first kappa shape index (κ1) is 14.7. The van der Waals surface area contributed by atoms with Crippen LogP contribution in [0.5, 0.6) is 0 Å². The summed E-state index contributed by atoms with van der Waals surface area (Å²) in [5, 5.41) is 17.6. The van der Waals surface area contributed by atoms with Gasteiger partial charge in [0.2, 0.25) is 0 Å². The number of likely N-dealkylation sites (N-methyl/N-ethyl adjacent to an activating group) is 1. The monoisotopic (exact) mass is 297 g/mol. The van der Waals surface area contributed by atoms with Crippen LogP contribution in [-0.4, -0.2) is 52.4 Å². The number of furan rings is 1. The summed E-state index contributed by atoms with van der Waals surface area (Å²) in [7, 11) is 3.46. The van der Waals surface area contributed by atoms with Crippen molar-refractivity contribution in [3.8, 4) is 0 Å². The third-order valence-electron chi connectivity index (χ3n) is 3.16. The van der Waals surface area contributed by atoms with Crippen molar-refractivity contribution in [2.24, 2.45) is 5.92 Å². The number of nitrogens with zero attached hydrogens (tertiary/aromatic N) is 1. The Morgan fingerprint density at radius 1 is 1.30 bits per heavy atom. The van der Waals surface area contributed by atoms with Crippen molar-refractivity contribution in [3.63, 3.8) is 0 Å². The fourth-order valence-corrected chi connectivity index (χ4v) is 3.44. The van der Waals surface area contributed by atoms with Crippen LogP contribution in [-0.2, 0) is 9.59 Å². The highest BCUT2D eigenvalue weighted by molar-refractivity contribution is 8.09. The summed E-state index contributed by atoms with van der Waals surface area (Å²) in [5.74, 6) is -2.70. The predicted octanol–water partition coefficient (Wildman–Crippen LogP) is 1.45. The van der Waals surface area contributed by atoms with E-state index >= 15 is 0 Å². The number of carbonyl (C=O) groups is 2. The van der Waals surface area contributed by atoms with E-state index in [2.05, 4.69) is 0 Å². The highest BCUT2D eigenvalue weighted by Gasteiger charge is 2.44. The lowest BCUT2D eigenvalue weighted by molar-refractivity contribution is -0.149. The van der Waals surface area contributed by atoms with Gasteiger partial charge in [-0.1, -0.05) is 0 Å². The summed E-state index contributed by atoms with van der Waals surface area (Å²) in [5.41, 5.74) is 0. The summed E-state index contributed by atoms with van der Waals surface area (Å²) in [6.07, 6.45) is 3.25. The molecule has 0 radical (unpaired) electrons. The van der Waals surface area contributed by atoms with Crippen LogP contribution >= 0.6 is 11.8 Å². The second kappa shape index (κ2) is 5.72. The van der Waals surface area contributed by atoms with Gasteiger partial charge < -0.3 is 19.5 Å². The molecule has 0 aromatic carbocycles. The molecule has 0 saturated heterocycles. The molecule has 1 aliphatic rings. The number of carboxylic acids is 2. The summed E-state index contributed by atoms with van der Waals surface area (Å²) in [6.45, 7) is 0. The van der Waals surface area contributed by atoms with Crippen molar-refractivity contribution in [2.45, 2.75) is 11.3 Å². The second-order valence-electron chi connectivity index (χ2n) is 4.70. The van der Waals surface area contributed by atoms with E-state index in [4.69, 9.17) is 4.42 Å². The Labute approximate surface area is 120 Å². The summed E-state index contributed by atoms with van der Waals surface area (Å²) in [4.78, 5) is 25.2. The fraction of sp³-hybridized carbons (Fsp3) is 0.385. The molecule has 0 unspecified atom stereocenters. The van der Waals surface area contributed by atoms with Crippen LogP contribution < -0.4 is 0 Å². The number of rotatable bonds is 4. The van der Waals surface area contributed by atoms with Gasteiger partial charge in [0, 0.05) is 10.9 Å². The van der Waals surface area contributed by atoms with E-state index in [9.17, 15) is 19.8 Å². The lowest BCUT2D eigenvalue weighted by atomic mass is 9.93. The van der Waals surface area contributed by atoms with Crippen molar-refractivity contribution in [2.75, 3.05) is 14.1 Å². The zero-order chi connectivity index (χ0) is 14.9. The molecule has 108 valence electrons. The zero-order valence-corrected chi connectivity index (χ0v) is 11.8. The normalized spacial score (nSPS) is 26.4. The molecule has 3 atom stereocenters. The molecule has 0 spiro atoms. The van der Waals surface area contributed by atoms with Gasteiger partial charge in [-0.3, -0.25) is 9.59 Å². The van der Waals surface area contributed by atoms with Crippen LogP contribution in [0.3, 0.4) is 0 Å². The minimum absolute atomic E-state index is 0.505. The molecule has 20 heavy (non-hydrogen) atoms. The number of hydrogen-bond donors (Lipinski definition) is 2. The number of thioether (sulfide) groups is 1. The molecular formula is C13H15NO5S. The Balaban J connectivity index is 2.45. The Bertz CT molecular complexity index is 537. The van der Waals surface area contributed by atoms with Gasteiger partial charge in [0.1, 0.15) is 11.0 Å². The Morgan fingerprint density at radius 2 is 2.00 bits per heavy atom. The van der Waals surface area contributed by atoms with Gasteiger partial charge in [-0.2, -0.15) is 0 Å². The Kier molecular flexibility index (Phi) is 4.20. The molecule has 0 aliphatic carbocycles. The van der Waals surface area contributed by atoms with E-state index in [1.807, 2.05) is 0 Å². The molecule has 2 rings (SSSR count). The van der Waals surface area contributed by atoms with Crippen LogP contribution in [0.4, 0.5) is 0 Å². The first-order chi connectivity index (χ1) is 9.41. The van der Waals surface area contributed by atoms with E-state index in [1.165, 1.54) is 6.26 Å². The van der Waals surface area contributed by atoms with Gasteiger partial charge in [-0.25, -0.2) is 0 Å². The second-order valence-corrected chi connectivity index (χ2v) is 5.89. The maximum atomic E-state index is 11.4. The standard InChI is InChI=1S/C13H15NO5S/c1-14(2)7-6-9(8-4-3-5-19-8)20-11(13(17)18)10(7)12(15)16/h3-7,10-11H,1-2H3,(H,15,16)(H,17,18)/t7-,10+,11-/m0/s1. The highest BCUT2D eigenvalue weighted by Crippen LogP contribution is 2.42. The summed E-state index contributed by atoms with van der Waals surface area (Å²) < 4.78 is 5.28. The van der Waals surface area contributed by atoms with Crippen molar-refractivity contribution in [1.82, 2.24) is 4.90 Å². The first-order valence-corrected chi connectivity index (χ1v) is 6.84. The van der Waals surface area contributed by atoms with Gasteiger partial charge in [-0.15, -0.1) is 11.8 Å². The van der Waals surface area contributed by atoms with Crippen molar-refractivity contribution in [1.29, 1.82) is 0 Å². The summed E-state index contributed by atoms with van der Waals surface area (Å²) in [6, 6.07) is 2.93. The highest BCUT2D eigenvalue weighted by atomic mass is 32.2. The quantitative estimate of drug-likeness (QED) is 0.869. The first-order valence-electron chi connectivity index (χ1n) is 5.96. The molecule has 6 nitrogen and oxygen atoms in total. The SMILES string of the molecule is CN(C)[C@H]1C=C(c2ccco2)S[C@H](C(=O)O)[C@@H]1C(=O)O. The molecule has 2 N–H and O–H groups in total. The maximum Gasteiger partial charge on any atom is 0.317 e. The summed E-state index contributed by atoms with van der Waals surface area (Å²) >= 11 is 1.02. The number of hydrogen-bond acceptors (Lipinski definition) is 5. The molecule has 0 fully saturated rings. The maximum absolute atomic E-state index is 11.4. The molecule has 2 heterocycles. The third kappa shape index (κ3) is 2.73. The van der Waals surface area contributed by atoms with Crippen LogP contribution in [0.2, 0.25) is 0 Å². The van der Waals surface area contributed by atoms with E-state index in [0.717, 1.165) is 11.8 Å². The minimum atomic E-state index is -1.13. The lowest BCUT2D eigenvalue weighted by Gasteiger charge is -2.35. The molecule has 0 bridgehead atoms. The van der Waals surface area contributed by atoms with Crippen LogP contribution in [0.1, 0.15) is 5.76 Å². The van der Waals surface area contributed by atoms with Crippen LogP contribution in [0, 0.1) is 5.92 Å². The van der Waals surface area contributed by atoms with E-state index in [-0.39, 0.29) is 0 Å². The van der Waals surface area contributed by atoms with E-state index < -0.39 is 29.1 Å². The third-order valence-corrected chi connectivity index (χ3v) is 4.50. The van der Waals surface area contributed by atoms with Gasteiger partial charge in [0.15, 0.2) is 0 Å². The molecule has 1 aromatic heterocycles. The molecule has 1 aliphatic heterocycles. The topological polar surface area (TPSA) is 91.0 Å². The van der Waals surface area contributed by atoms with E-state index in [1.54, 1.807) is 37.2 Å². The fourth-order valence-electron chi connectivity index (χ4n) is 2.20. The number of carboxylic acid groups (broad SMARTS) is 2. The molecular weight excluding hydrogens is 282 g/mol. The van der Waals surface area contributed by atoms with Crippen molar-refractivity contribution >= 4 is 28.6 Å². The molecule has 0 saturated carbocycles. The average molecular weight is 297 g/mol. The van der Waals surface area contributed by atoms with Gasteiger partial charge in [-0.05, 0) is 32.3 Å². The van der Waals surface area contributed by atoms with Gasteiger partial charge in [0.05, 0.1) is 12.2 Å². The van der Waals surface area contributed by atoms with Crippen molar-refractivity contribution < 1.29 is 24.2 Å². The van der Waals surface area contributed by atoms with Crippen molar-refractivity contribution in [3.05, 3.63) is 30.2 Å². The van der Waals surface area contributed by atoms with E-state index in [0.29, 0.717) is 10.7 Å².